The Labute approximate surface area is 137 Å². The predicted octanol–water partition coefficient (Wildman–Crippen LogP) is 1.96. The number of amides is 2. The van der Waals surface area contributed by atoms with Crippen molar-refractivity contribution in [3.8, 4) is 11.5 Å². The van der Waals surface area contributed by atoms with E-state index < -0.39 is 0 Å². The molecule has 0 bridgehead atoms. The fourth-order valence-corrected chi connectivity index (χ4v) is 2.97. The van der Waals surface area contributed by atoms with Gasteiger partial charge in [-0.2, -0.15) is 5.01 Å². The van der Waals surface area contributed by atoms with Crippen LogP contribution in [0.15, 0.2) is 23.1 Å². The quantitative estimate of drug-likeness (QED) is 0.669. The lowest BCUT2D eigenvalue weighted by Crippen LogP contribution is -2.43. The number of hydrogen-bond acceptors (Lipinski definition) is 6. The van der Waals surface area contributed by atoms with Gasteiger partial charge in [0.1, 0.15) is 11.5 Å². The highest BCUT2D eigenvalue weighted by atomic mass is 32.2. The molecule has 1 heterocycles. The largest absolute Gasteiger partial charge is 0.497 e. The van der Waals surface area contributed by atoms with Gasteiger partial charge in [0.05, 0.1) is 19.1 Å². The molecule has 22 heavy (non-hydrogen) atoms. The SMILES string of the molecule is COc1ccc(C=C2SC(=S)N(NC(C)=O)C2=O)c(OC)c1. The number of benzene rings is 1. The molecule has 1 aromatic carbocycles. The van der Waals surface area contributed by atoms with Gasteiger partial charge in [0.2, 0.25) is 5.91 Å². The van der Waals surface area contributed by atoms with E-state index in [1.807, 2.05) is 0 Å². The third kappa shape index (κ3) is 3.40. The molecule has 2 rings (SSSR count). The fraction of sp³-hybridized carbons (Fsp3) is 0.214. The van der Waals surface area contributed by atoms with Crippen molar-refractivity contribution in [2.45, 2.75) is 6.92 Å². The van der Waals surface area contributed by atoms with Crippen LogP contribution in [-0.4, -0.2) is 35.4 Å². The number of ether oxygens (including phenoxy) is 2. The lowest BCUT2D eigenvalue weighted by Gasteiger charge is -2.13. The second-order valence-corrected chi connectivity index (χ2v) is 5.97. The van der Waals surface area contributed by atoms with Gasteiger partial charge in [-0.25, -0.2) is 0 Å². The Morgan fingerprint density at radius 1 is 1.36 bits per heavy atom. The minimum atomic E-state index is -0.372. The molecule has 1 saturated heterocycles. The van der Waals surface area contributed by atoms with Crippen LogP contribution < -0.4 is 14.9 Å². The van der Waals surface area contributed by atoms with Crippen molar-refractivity contribution in [3.05, 3.63) is 28.7 Å². The normalized spacial score (nSPS) is 16.1. The maximum Gasteiger partial charge on any atom is 0.285 e. The van der Waals surface area contributed by atoms with Crippen molar-refractivity contribution < 1.29 is 19.1 Å². The number of methoxy groups -OCH3 is 2. The van der Waals surface area contributed by atoms with E-state index in [9.17, 15) is 9.59 Å². The first-order valence-corrected chi connectivity index (χ1v) is 7.46. The molecule has 1 fully saturated rings. The number of nitrogens with one attached hydrogen (secondary N) is 1. The number of thioether (sulfide) groups is 1. The van der Waals surface area contributed by atoms with E-state index in [0.717, 1.165) is 16.8 Å². The molecule has 0 aliphatic carbocycles. The molecule has 0 unspecified atom stereocenters. The number of carbonyl (C=O) groups excluding carboxylic acids is 2. The van der Waals surface area contributed by atoms with Gasteiger partial charge in [-0.15, -0.1) is 0 Å². The Morgan fingerprint density at radius 3 is 2.68 bits per heavy atom. The molecule has 0 saturated carbocycles. The van der Waals surface area contributed by atoms with E-state index in [2.05, 4.69) is 5.43 Å². The van der Waals surface area contributed by atoms with E-state index in [1.54, 1.807) is 31.4 Å². The van der Waals surface area contributed by atoms with E-state index >= 15 is 0 Å². The number of hydrogen-bond donors (Lipinski definition) is 1. The summed E-state index contributed by atoms with van der Waals surface area (Å²) in [6.45, 7) is 1.31. The molecule has 6 nitrogen and oxygen atoms in total. The molecule has 116 valence electrons. The molecule has 8 heteroatoms. The van der Waals surface area contributed by atoms with Crippen molar-refractivity contribution >= 4 is 46.2 Å². The smallest absolute Gasteiger partial charge is 0.285 e. The number of rotatable bonds is 4. The van der Waals surface area contributed by atoms with Crippen molar-refractivity contribution in [1.82, 2.24) is 10.4 Å². The minimum Gasteiger partial charge on any atom is -0.497 e. The highest BCUT2D eigenvalue weighted by molar-refractivity contribution is 8.26. The first kappa shape index (κ1) is 16.3. The number of nitrogens with zero attached hydrogens (tertiary/aromatic N) is 1. The van der Waals surface area contributed by atoms with E-state index in [0.29, 0.717) is 22.0 Å². The van der Waals surface area contributed by atoms with Crippen LogP contribution in [0.4, 0.5) is 0 Å². The zero-order valence-electron chi connectivity index (χ0n) is 12.2. The second-order valence-electron chi connectivity index (χ2n) is 4.29. The van der Waals surface area contributed by atoms with Gasteiger partial charge in [0, 0.05) is 18.6 Å². The van der Waals surface area contributed by atoms with Gasteiger partial charge in [0.15, 0.2) is 4.32 Å². The number of hydrazine groups is 1. The first-order valence-electron chi connectivity index (χ1n) is 6.23. The highest BCUT2D eigenvalue weighted by Crippen LogP contribution is 2.34. The minimum absolute atomic E-state index is 0.277. The lowest BCUT2D eigenvalue weighted by molar-refractivity contribution is -0.131. The Morgan fingerprint density at radius 2 is 2.09 bits per heavy atom. The van der Waals surface area contributed by atoms with Gasteiger partial charge in [-0.1, -0.05) is 11.8 Å². The molecule has 1 aliphatic heterocycles. The summed E-state index contributed by atoms with van der Waals surface area (Å²) < 4.78 is 10.7. The van der Waals surface area contributed by atoms with Gasteiger partial charge >= 0.3 is 0 Å². The maximum atomic E-state index is 12.2. The number of carbonyl (C=O) groups is 2. The van der Waals surface area contributed by atoms with Crippen molar-refractivity contribution in [2.75, 3.05) is 14.2 Å². The maximum absolute atomic E-state index is 12.2. The third-order valence-corrected chi connectivity index (χ3v) is 4.09. The van der Waals surface area contributed by atoms with Gasteiger partial charge in [-0.3, -0.25) is 15.0 Å². The molecule has 0 spiro atoms. The molecular weight excluding hydrogens is 324 g/mol. The average molecular weight is 338 g/mol. The van der Waals surface area contributed by atoms with Crippen LogP contribution in [-0.2, 0) is 9.59 Å². The van der Waals surface area contributed by atoms with Crippen LogP contribution in [0.5, 0.6) is 11.5 Å². The third-order valence-electron chi connectivity index (χ3n) is 2.79. The van der Waals surface area contributed by atoms with Gasteiger partial charge in [-0.05, 0) is 30.4 Å². The Balaban J connectivity index is 2.32. The summed E-state index contributed by atoms with van der Waals surface area (Å²) in [6.07, 6.45) is 1.67. The Kier molecular flexibility index (Phi) is 5.04. The standard InChI is InChI=1S/C14H14N2O4S2/c1-8(17)15-16-13(18)12(22-14(16)21)6-9-4-5-10(19-2)7-11(9)20-3/h4-7H,1-3H3,(H,15,17). The van der Waals surface area contributed by atoms with Gasteiger partial charge in [0.25, 0.3) is 5.91 Å². The average Bonchev–Trinajstić information content (AvgIpc) is 2.75. The molecule has 1 aromatic rings. The topological polar surface area (TPSA) is 67.9 Å². The Hall–Kier alpha value is -2.06. The summed E-state index contributed by atoms with van der Waals surface area (Å²) in [4.78, 5) is 23.8. The van der Waals surface area contributed by atoms with Crippen LogP contribution in [0.25, 0.3) is 6.08 Å². The van der Waals surface area contributed by atoms with Crippen LogP contribution in [0.2, 0.25) is 0 Å². The van der Waals surface area contributed by atoms with Crippen LogP contribution in [0.3, 0.4) is 0 Å². The molecule has 2 amide bonds. The molecular formula is C14H14N2O4S2. The lowest BCUT2D eigenvalue weighted by atomic mass is 10.1. The van der Waals surface area contributed by atoms with E-state index in [1.165, 1.54) is 14.0 Å². The summed E-state index contributed by atoms with van der Waals surface area (Å²) in [5, 5.41) is 1.06. The summed E-state index contributed by atoms with van der Waals surface area (Å²) in [7, 11) is 3.10. The molecule has 1 aliphatic rings. The van der Waals surface area contributed by atoms with Gasteiger partial charge < -0.3 is 9.47 Å². The fourth-order valence-electron chi connectivity index (χ4n) is 1.80. The zero-order chi connectivity index (χ0) is 16.3. The summed E-state index contributed by atoms with van der Waals surface area (Å²) >= 11 is 6.21. The first-order chi connectivity index (χ1) is 10.5. The summed E-state index contributed by atoms with van der Waals surface area (Å²) in [5.41, 5.74) is 3.11. The summed E-state index contributed by atoms with van der Waals surface area (Å²) in [5.74, 6) is 0.492. The molecule has 0 atom stereocenters. The van der Waals surface area contributed by atoms with E-state index in [-0.39, 0.29) is 16.1 Å². The molecule has 0 radical (unpaired) electrons. The molecule has 1 N–H and O–H groups in total. The second kappa shape index (κ2) is 6.80. The number of thiocarbonyl (C=S) groups is 1. The predicted molar refractivity (Wildman–Crippen MR) is 88.4 cm³/mol. The summed E-state index contributed by atoms with van der Waals surface area (Å²) in [6, 6.07) is 5.27. The van der Waals surface area contributed by atoms with Crippen molar-refractivity contribution in [3.63, 3.8) is 0 Å². The van der Waals surface area contributed by atoms with Crippen LogP contribution >= 0.6 is 24.0 Å². The zero-order valence-corrected chi connectivity index (χ0v) is 13.8. The highest BCUT2D eigenvalue weighted by Gasteiger charge is 2.33. The van der Waals surface area contributed by atoms with Crippen molar-refractivity contribution in [1.29, 1.82) is 0 Å². The van der Waals surface area contributed by atoms with Crippen LogP contribution in [0, 0.1) is 0 Å². The molecule has 0 aromatic heterocycles. The van der Waals surface area contributed by atoms with Crippen molar-refractivity contribution in [2.24, 2.45) is 0 Å². The van der Waals surface area contributed by atoms with E-state index in [4.69, 9.17) is 21.7 Å². The Bertz CT molecular complexity index is 673. The van der Waals surface area contributed by atoms with Crippen LogP contribution in [0.1, 0.15) is 12.5 Å². The monoisotopic (exact) mass is 338 g/mol.